The summed E-state index contributed by atoms with van der Waals surface area (Å²) in [6, 6.07) is 7.24. The summed E-state index contributed by atoms with van der Waals surface area (Å²) >= 11 is 7.40. The van der Waals surface area contributed by atoms with E-state index in [1.54, 1.807) is 30.1 Å². The number of aromatic nitrogens is 2. The summed E-state index contributed by atoms with van der Waals surface area (Å²) < 4.78 is 20.9. The number of hydrogen-bond donors (Lipinski definition) is 2. The molecule has 4 aromatic rings. The summed E-state index contributed by atoms with van der Waals surface area (Å²) in [6.07, 6.45) is 0. The number of hydrogen-bond acceptors (Lipinski definition) is 4. The van der Waals surface area contributed by atoms with Gasteiger partial charge in [0.1, 0.15) is 11.5 Å². The molecule has 2 N–H and O–H groups in total. The summed E-state index contributed by atoms with van der Waals surface area (Å²) in [5.74, 6) is -0.700. The molecule has 0 radical (unpaired) electrons. The van der Waals surface area contributed by atoms with Crippen molar-refractivity contribution in [3.63, 3.8) is 0 Å². The highest BCUT2D eigenvalue weighted by Crippen LogP contribution is 2.35. The molecular weight excluding hydrogens is 417 g/mol. The molecule has 148 valence electrons. The van der Waals surface area contributed by atoms with Crippen LogP contribution in [0.3, 0.4) is 0 Å². The Kier molecular flexibility index (Phi) is 4.23. The first kappa shape index (κ1) is 18.4. The lowest BCUT2D eigenvalue weighted by Crippen LogP contribution is -2.37. The molecule has 4 heterocycles. The lowest BCUT2D eigenvalue weighted by molar-refractivity contribution is 0.0333. The fourth-order valence-corrected chi connectivity index (χ4v) is 5.01. The fourth-order valence-electron chi connectivity index (χ4n) is 3.87. The van der Waals surface area contributed by atoms with Crippen LogP contribution in [-0.2, 0) is 11.3 Å². The third kappa shape index (κ3) is 2.95. The Labute approximate surface area is 172 Å². The number of benzene rings is 1. The van der Waals surface area contributed by atoms with Crippen molar-refractivity contribution in [1.82, 2.24) is 14.9 Å². The average molecular weight is 432 g/mol. The summed E-state index contributed by atoms with van der Waals surface area (Å²) in [4.78, 5) is 33.0. The van der Waals surface area contributed by atoms with E-state index in [9.17, 15) is 14.0 Å². The number of nitrogens with one attached hydrogen (secondary N) is 2. The molecule has 1 unspecified atom stereocenters. The SMILES string of the molecule is CN(C(=O)c1cc2sc(Cl)cc2[nH]1)C1COCc2[nH]c(=O)c3cc(F)ccc3c21. The van der Waals surface area contributed by atoms with Crippen molar-refractivity contribution in [3.8, 4) is 0 Å². The molecule has 9 heteroatoms. The van der Waals surface area contributed by atoms with Crippen LogP contribution in [0.15, 0.2) is 35.1 Å². The maximum absolute atomic E-state index is 13.7. The number of halogens is 2. The minimum absolute atomic E-state index is 0.215. The van der Waals surface area contributed by atoms with Crippen LogP contribution in [0.4, 0.5) is 4.39 Å². The monoisotopic (exact) mass is 431 g/mol. The number of fused-ring (bicyclic) bond motifs is 4. The average Bonchev–Trinajstić information content (AvgIpc) is 3.24. The minimum Gasteiger partial charge on any atom is -0.373 e. The van der Waals surface area contributed by atoms with Gasteiger partial charge in [-0.15, -0.1) is 11.3 Å². The van der Waals surface area contributed by atoms with Crippen LogP contribution in [0, 0.1) is 5.82 Å². The number of H-pyrrole nitrogens is 2. The van der Waals surface area contributed by atoms with Gasteiger partial charge in [-0.25, -0.2) is 4.39 Å². The first-order chi connectivity index (χ1) is 13.9. The highest BCUT2D eigenvalue weighted by atomic mass is 35.5. The van der Waals surface area contributed by atoms with E-state index in [-0.39, 0.29) is 30.1 Å². The van der Waals surface area contributed by atoms with E-state index in [0.29, 0.717) is 21.1 Å². The zero-order chi connectivity index (χ0) is 20.3. The second-order valence-electron chi connectivity index (χ2n) is 6.99. The molecule has 5 rings (SSSR count). The molecule has 0 saturated carbocycles. The highest BCUT2D eigenvalue weighted by molar-refractivity contribution is 7.22. The second kappa shape index (κ2) is 6.69. The van der Waals surface area contributed by atoms with Crippen molar-refractivity contribution in [1.29, 1.82) is 0 Å². The molecular formula is C20H15ClFN3O3S. The van der Waals surface area contributed by atoms with E-state index in [0.717, 1.165) is 15.8 Å². The van der Waals surface area contributed by atoms with E-state index < -0.39 is 11.9 Å². The van der Waals surface area contributed by atoms with Crippen LogP contribution >= 0.6 is 22.9 Å². The lowest BCUT2D eigenvalue weighted by atomic mass is 9.95. The van der Waals surface area contributed by atoms with Crippen LogP contribution < -0.4 is 5.56 Å². The molecule has 0 aliphatic carbocycles. The van der Waals surface area contributed by atoms with E-state index in [2.05, 4.69) is 9.97 Å². The predicted molar refractivity (Wildman–Crippen MR) is 110 cm³/mol. The molecule has 1 aliphatic rings. The standard InChI is InChI=1S/C20H15ClFN3O3S/c1-25(20(27)13-5-16-12(23-13)6-17(21)29-16)15-8-28-7-14-18(15)10-3-2-9(22)4-11(10)19(26)24-14/h2-6,15,23H,7-8H2,1H3,(H,24,26). The molecule has 0 spiro atoms. The number of thiophene rings is 1. The number of likely N-dealkylation sites (N-methyl/N-ethyl adjacent to an activating group) is 1. The molecule has 1 atom stereocenters. The van der Waals surface area contributed by atoms with E-state index in [1.165, 1.54) is 23.5 Å². The Bertz CT molecular complexity index is 1310. The van der Waals surface area contributed by atoms with Crippen LogP contribution in [0.25, 0.3) is 21.0 Å². The highest BCUT2D eigenvalue weighted by Gasteiger charge is 2.31. The molecule has 0 saturated heterocycles. The van der Waals surface area contributed by atoms with Crippen molar-refractivity contribution < 1.29 is 13.9 Å². The summed E-state index contributed by atoms with van der Waals surface area (Å²) in [5, 5.41) is 0.879. The molecule has 3 aromatic heterocycles. The summed E-state index contributed by atoms with van der Waals surface area (Å²) in [5.41, 5.74) is 2.25. The van der Waals surface area contributed by atoms with Gasteiger partial charge in [-0.3, -0.25) is 9.59 Å². The zero-order valence-electron chi connectivity index (χ0n) is 15.2. The van der Waals surface area contributed by atoms with Gasteiger partial charge in [0.25, 0.3) is 11.5 Å². The topological polar surface area (TPSA) is 78.2 Å². The smallest absolute Gasteiger partial charge is 0.270 e. The maximum atomic E-state index is 13.7. The van der Waals surface area contributed by atoms with Gasteiger partial charge in [0.15, 0.2) is 0 Å². The van der Waals surface area contributed by atoms with Crippen molar-refractivity contribution in [3.05, 3.63) is 67.8 Å². The molecule has 6 nitrogen and oxygen atoms in total. The second-order valence-corrected chi connectivity index (χ2v) is 8.71. The van der Waals surface area contributed by atoms with Crippen LogP contribution in [0.1, 0.15) is 27.8 Å². The Balaban J connectivity index is 1.59. The number of rotatable bonds is 2. The maximum Gasteiger partial charge on any atom is 0.270 e. The van der Waals surface area contributed by atoms with Crippen molar-refractivity contribution in [2.24, 2.45) is 0 Å². The predicted octanol–water partition coefficient (Wildman–Crippen LogP) is 4.21. The zero-order valence-corrected chi connectivity index (χ0v) is 16.8. The van der Waals surface area contributed by atoms with Crippen molar-refractivity contribution >= 4 is 49.8 Å². The van der Waals surface area contributed by atoms with Crippen molar-refractivity contribution in [2.45, 2.75) is 12.6 Å². The van der Waals surface area contributed by atoms with E-state index >= 15 is 0 Å². The van der Waals surface area contributed by atoms with Gasteiger partial charge in [-0.1, -0.05) is 17.7 Å². The third-order valence-corrected chi connectivity index (χ3v) is 6.47. The fraction of sp³-hybridized carbons (Fsp3) is 0.200. The van der Waals surface area contributed by atoms with E-state index in [4.69, 9.17) is 16.3 Å². The first-order valence-electron chi connectivity index (χ1n) is 8.89. The number of amides is 1. The molecule has 1 aromatic carbocycles. The van der Waals surface area contributed by atoms with Crippen LogP contribution in [0.5, 0.6) is 0 Å². The van der Waals surface area contributed by atoms with Gasteiger partial charge < -0.3 is 19.6 Å². The molecule has 1 amide bonds. The lowest BCUT2D eigenvalue weighted by Gasteiger charge is -2.33. The quantitative estimate of drug-likeness (QED) is 0.499. The number of aromatic amines is 2. The molecule has 0 bridgehead atoms. The number of ether oxygens (including phenoxy) is 1. The first-order valence-corrected chi connectivity index (χ1v) is 10.1. The summed E-state index contributed by atoms with van der Waals surface area (Å²) in [7, 11) is 1.69. The minimum atomic E-state index is -0.485. The summed E-state index contributed by atoms with van der Waals surface area (Å²) in [6.45, 7) is 0.502. The normalized spacial score (nSPS) is 16.3. The van der Waals surface area contributed by atoms with Crippen LogP contribution in [0.2, 0.25) is 4.34 Å². The van der Waals surface area contributed by atoms with E-state index in [1.807, 2.05) is 0 Å². The van der Waals surface area contributed by atoms with Crippen LogP contribution in [-0.4, -0.2) is 34.4 Å². The number of nitrogens with zero attached hydrogens (tertiary/aromatic N) is 1. The Morgan fingerprint density at radius 2 is 2.10 bits per heavy atom. The molecule has 0 fully saturated rings. The Morgan fingerprint density at radius 3 is 2.90 bits per heavy atom. The number of carbonyl (C=O) groups excluding carboxylic acids is 1. The molecule has 29 heavy (non-hydrogen) atoms. The van der Waals surface area contributed by atoms with Gasteiger partial charge in [0.05, 0.1) is 39.2 Å². The van der Waals surface area contributed by atoms with Crippen molar-refractivity contribution in [2.75, 3.05) is 13.7 Å². The van der Waals surface area contributed by atoms with Gasteiger partial charge >= 0.3 is 0 Å². The van der Waals surface area contributed by atoms with Gasteiger partial charge in [0, 0.05) is 18.3 Å². The Morgan fingerprint density at radius 1 is 1.28 bits per heavy atom. The van der Waals surface area contributed by atoms with Gasteiger partial charge in [-0.05, 0) is 29.7 Å². The Hall–Kier alpha value is -2.68. The number of carbonyl (C=O) groups is 1. The number of pyridine rings is 1. The van der Waals surface area contributed by atoms with Gasteiger partial charge in [-0.2, -0.15) is 0 Å². The largest absolute Gasteiger partial charge is 0.373 e. The van der Waals surface area contributed by atoms with Gasteiger partial charge in [0.2, 0.25) is 0 Å². The third-order valence-electron chi connectivity index (χ3n) is 5.26. The molecule has 1 aliphatic heterocycles.